The molecular formula is C15H25FN4. The van der Waals surface area contributed by atoms with Gasteiger partial charge in [0.2, 0.25) is 0 Å². The van der Waals surface area contributed by atoms with E-state index < -0.39 is 0 Å². The molecule has 0 radical (unpaired) electrons. The Morgan fingerprint density at radius 2 is 2.05 bits per heavy atom. The zero-order valence-electron chi connectivity index (χ0n) is 12.5. The lowest BCUT2D eigenvalue weighted by molar-refractivity contribution is 0.400. The molecule has 1 aromatic carbocycles. The van der Waals surface area contributed by atoms with Crippen LogP contribution in [0.3, 0.4) is 0 Å². The van der Waals surface area contributed by atoms with Crippen molar-refractivity contribution in [2.45, 2.75) is 6.54 Å². The third-order valence-corrected chi connectivity index (χ3v) is 3.53. The van der Waals surface area contributed by atoms with Crippen LogP contribution in [0, 0.1) is 5.82 Å². The predicted octanol–water partition coefficient (Wildman–Crippen LogP) is 0.886. The Hall–Kier alpha value is -1.17. The van der Waals surface area contributed by atoms with E-state index in [1.54, 1.807) is 6.07 Å². The van der Waals surface area contributed by atoms with E-state index in [2.05, 4.69) is 34.5 Å². The average molecular weight is 280 g/mol. The van der Waals surface area contributed by atoms with Crippen LogP contribution in [0.25, 0.3) is 0 Å². The second-order valence-electron chi connectivity index (χ2n) is 5.50. The number of piperazine rings is 1. The lowest BCUT2D eigenvalue weighted by Crippen LogP contribution is -2.43. The number of nitrogens with one attached hydrogen (secondary N) is 2. The number of hydrogen-bond donors (Lipinski definition) is 2. The Morgan fingerprint density at radius 1 is 1.30 bits per heavy atom. The molecule has 1 aliphatic heterocycles. The van der Waals surface area contributed by atoms with Crippen molar-refractivity contribution in [2.24, 2.45) is 0 Å². The van der Waals surface area contributed by atoms with Gasteiger partial charge in [0.1, 0.15) is 5.82 Å². The summed E-state index contributed by atoms with van der Waals surface area (Å²) in [5.74, 6) is -0.121. The van der Waals surface area contributed by atoms with Crippen molar-refractivity contribution in [1.29, 1.82) is 0 Å². The minimum absolute atomic E-state index is 0.121. The Bertz CT molecular complexity index is 416. The van der Waals surface area contributed by atoms with Crippen molar-refractivity contribution < 1.29 is 4.39 Å². The van der Waals surface area contributed by atoms with Gasteiger partial charge in [-0.2, -0.15) is 0 Å². The lowest BCUT2D eigenvalue weighted by Gasteiger charge is -2.30. The highest BCUT2D eigenvalue weighted by Crippen LogP contribution is 2.21. The number of hydrogen-bond acceptors (Lipinski definition) is 4. The summed E-state index contributed by atoms with van der Waals surface area (Å²) in [5, 5.41) is 6.68. The number of rotatable bonds is 6. The molecule has 2 N–H and O–H groups in total. The molecule has 1 fully saturated rings. The fourth-order valence-corrected chi connectivity index (χ4v) is 2.35. The van der Waals surface area contributed by atoms with E-state index in [1.807, 2.05) is 12.1 Å². The fraction of sp³-hybridized carbons (Fsp3) is 0.600. The minimum atomic E-state index is -0.121. The summed E-state index contributed by atoms with van der Waals surface area (Å²) < 4.78 is 14.0. The molecule has 20 heavy (non-hydrogen) atoms. The SMILES string of the molecule is CN(C)CCNCc1ccc(F)c(N2CCNCC2)c1. The second-order valence-corrected chi connectivity index (χ2v) is 5.50. The van der Waals surface area contributed by atoms with Gasteiger partial charge in [0.15, 0.2) is 0 Å². The van der Waals surface area contributed by atoms with Gasteiger partial charge in [0.25, 0.3) is 0 Å². The zero-order chi connectivity index (χ0) is 14.4. The van der Waals surface area contributed by atoms with E-state index in [9.17, 15) is 4.39 Å². The van der Waals surface area contributed by atoms with Gasteiger partial charge in [-0.25, -0.2) is 4.39 Å². The number of halogens is 1. The third-order valence-electron chi connectivity index (χ3n) is 3.53. The van der Waals surface area contributed by atoms with Crippen LogP contribution >= 0.6 is 0 Å². The van der Waals surface area contributed by atoms with Crippen molar-refractivity contribution >= 4 is 5.69 Å². The van der Waals surface area contributed by atoms with Gasteiger partial charge in [-0.3, -0.25) is 0 Å². The monoisotopic (exact) mass is 280 g/mol. The zero-order valence-corrected chi connectivity index (χ0v) is 12.5. The topological polar surface area (TPSA) is 30.5 Å². The summed E-state index contributed by atoms with van der Waals surface area (Å²) >= 11 is 0. The molecule has 0 aromatic heterocycles. The predicted molar refractivity (Wildman–Crippen MR) is 81.7 cm³/mol. The van der Waals surface area contributed by atoms with Crippen LogP contribution < -0.4 is 15.5 Å². The summed E-state index contributed by atoms with van der Waals surface area (Å²) in [4.78, 5) is 4.26. The third kappa shape index (κ3) is 4.44. The first-order valence-corrected chi connectivity index (χ1v) is 7.26. The molecule has 4 nitrogen and oxygen atoms in total. The van der Waals surface area contributed by atoms with E-state index in [0.29, 0.717) is 0 Å². The molecule has 1 heterocycles. The van der Waals surface area contributed by atoms with E-state index in [4.69, 9.17) is 0 Å². The quantitative estimate of drug-likeness (QED) is 0.758. The first-order valence-electron chi connectivity index (χ1n) is 7.26. The normalized spacial score (nSPS) is 15.9. The van der Waals surface area contributed by atoms with E-state index in [1.165, 1.54) is 0 Å². The number of likely N-dealkylation sites (N-methyl/N-ethyl adjacent to an activating group) is 1. The van der Waals surface area contributed by atoms with E-state index >= 15 is 0 Å². The number of anilines is 1. The lowest BCUT2D eigenvalue weighted by atomic mass is 10.1. The highest BCUT2D eigenvalue weighted by Gasteiger charge is 2.14. The molecule has 112 valence electrons. The molecule has 2 rings (SSSR count). The second kappa shape index (κ2) is 7.57. The summed E-state index contributed by atoms with van der Waals surface area (Å²) in [5.41, 5.74) is 1.87. The standard InChI is InChI=1S/C15H25FN4/c1-19(2)8-5-18-12-13-3-4-14(16)15(11-13)20-9-6-17-7-10-20/h3-4,11,17-18H,5-10,12H2,1-2H3. The van der Waals surface area contributed by atoms with Gasteiger partial charge in [-0.05, 0) is 31.8 Å². The van der Waals surface area contributed by atoms with Gasteiger partial charge in [0.05, 0.1) is 5.69 Å². The minimum Gasteiger partial charge on any atom is -0.367 e. The fourth-order valence-electron chi connectivity index (χ4n) is 2.35. The van der Waals surface area contributed by atoms with E-state index in [0.717, 1.165) is 57.1 Å². The summed E-state index contributed by atoms with van der Waals surface area (Å²) in [6, 6.07) is 5.42. The van der Waals surface area contributed by atoms with Crippen LogP contribution in [0.4, 0.5) is 10.1 Å². The highest BCUT2D eigenvalue weighted by atomic mass is 19.1. The summed E-state index contributed by atoms with van der Waals surface area (Å²) in [6.45, 7) is 6.31. The van der Waals surface area contributed by atoms with Crippen molar-refractivity contribution in [3.05, 3.63) is 29.6 Å². The van der Waals surface area contributed by atoms with E-state index in [-0.39, 0.29) is 5.82 Å². The summed E-state index contributed by atoms with van der Waals surface area (Å²) in [6.07, 6.45) is 0. The average Bonchev–Trinajstić information content (AvgIpc) is 2.46. The molecule has 0 aliphatic carbocycles. The maximum Gasteiger partial charge on any atom is 0.146 e. The molecule has 0 bridgehead atoms. The Kier molecular flexibility index (Phi) is 5.76. The first-order chi connectivity index (χ1) is 9.66. The van der Waals surface area contributed by atoms with Gasteiger partial charge in [-0.1, -0.05) is 6.07 Å². The van der Waals surface area contributed by atoms with Gasteiger partial charge in [0, 0.05) is 45.8 Å². The molecule has 1 aromatic rings. The van der Waals surface area contributed by atoms with Crippen molar-refractivity contribution in [1.82, 2.24) is 15.5 Å². The maximum absolute atomic E-state index is 14.0. The van der Waals surface area contributed by atoms with Crippen LogP contribution in [0.1, 0.15) is 5.56 Å². The Balaban J connectivity index is 1.93. The maximum atomic E-state index is 14.0. The van der Waals surface area contributed by atoms with Crippen molar-refractivity contribution in [2.75, 3.05) is 58.3 Å². The largest absolute Gasteiger partial charge is 0.367 e. The Morgan fingerprint density at radius 3 is 2.75 bits per heavy atom. The molecule has 5 heteroatoms. The van der Waals surface area contributed by atoms with Crippen molar-refractivity contribution in [3.8, 4) is 0 Å². The highest BCUT2D eigenvalue weighted by molar-refractivity contribution is 5.50. The van der Waals surface area contributed by atoms with Crippen LogP contribution in [0.2, 0.25) is 0 Å². The molecule has 0 saturated carbocycles. The van der Waals surface area contributed by atoms with Crippen LogP contribution in [0.15, 0.2) is 18.2 Å². The molecule has 1 aliphatic rings. The van der Waals surface area contributed by atoms with Gasteiger partial charge in [-0.15, -0.1) is 0 Å². The van der Waals surface area contributed by atoms with Gasteiger partial charge < -0.3 is 20.4 Å². The van der Waals surface area contributed by atoms with Crippen LogP contribution in [-0.4, -0.2) is 58.3 Å². The Labute approximate surface area is 120 Å². The molecular weight excluding hydrogens is 255 g/mol. The van der Waals surface area contributed by atoms with Gasteiger partial charge >= 0.3 is 0 Å². The molecule has 1 saturated heterocycles. The molecule has 0 spiro atoms. The number of benzene rings is 1. The smallest absolute Gasteiger partial charge is 0.146 e. The molecule has 0 atom stereocenters. The van der Waals surface area contributed by atoms with Crippen molar-refractivity contribution in [3.63, 3.8) is 0 Å². The number of nitrogens with zero attached hydrogens (tertiary/aromatic N) is 2. The van der Waals surface area contributed by atoms with Crippen LogP contribution in [-0.2, 0) is 6.54 Å². The van der Waals surface area contributed by atoms with Crippen LogP contribution in [0.5, 0.6) is 0 Å². The first kappa shape index (κ1) is 15.2. The molecule has 0 amide bonds. The summed E-state index contributed by atoms with van der Waals surface area (Å²) in [7, 11) is 4.12. The molecule has 0 unspecified atom stereocenters.